The molecule has 0 fully saturated rings. The Morgan fingerprint density at radius 1 is 1.25 bits per heavy atom. The summed E-state index contributed by atoms with van der Waals surface area (Å²) in [6, 6.07) is 9.95. The third-order valence-corrected chi connectivity index (χ3v) is 3.45. The van der Waals surface area contributed by atoms with Crippen LogP contribution in [-0.4, -0.2) is 6.61 Å². The van der Waals surface area contributed by atoms with Crippen LogP contribution in [-0.2, 0) is 6.42 Å². The number of ether oxygens (including phenoxy) is 1. The Balaban J connectivity index is 1.92. The first-order valence-electron chi connectivity index (χ1n) is 5.27. The molecule has 3 heteroatoms. The molecule has 0 unspecified atom stereocenters. The van der Waals surface area contributed by atoms with Crippen LogP contribution >= 0.6 is 11.3 Å². The lowest BCUT2D eigenvalue weighted by Crippen LogP contribution is -2.02. The van der Waals surface area contributed by atoms with Gasteiger partial charge < -0.3 is 10.5 Å². The van der Waals surface area contributed by atoms with Gasteiger partial charge in [-0.1, -0.05) is 12.1 Å². The summed E-state index contributed by atoms with van der Waals surface area (Å²) in [7, 11) is 0. The largest absolute Gasteiger partial charge is 0.493 e. The van der Waals surface area contributed by atoms with Crippen molar-refractivity contribution in [3.05, 3.63) is 46.2 Å². The first-order valence-corrected chi connectivity index (χ1v) is 6.15. The Bertz CT molecular complexity index is 451. The lowest BCUT2D eigenvalue weighted by Gasteiger charge is -2.09. The topological polar surface area (TPSA) is 35.2 Å². The van der Waals surface area contributed by atoms with E-state index in [0.29, 0.717) is 6.61 Å². The van der Waals surface area contributed by atoms with Gasteiger partial charge in [-0.2, -0.15) is 0 Å². The standard InChI is InChI=1S/C13H15NOS/c1-10-12(14)5-2-6-13(10)15-8-7-11-4-3-9-16-11/h2-6,9H,7-8,14H2,1H3. The van der Waals surface area contributed by atoms with Gasteiger partial charge in [0.1, 0.15) is 5.75 Å². The molecule has 1 aromatic heterocycles. The van der Waals surface area contributed by atoms with Crippen LogP contribution in [0.25, 0.3) is 0 Å². The third kappa shape index (κ3) is 2.55. The predicted molar refractivity (Wildman–Crippen MR) is 69.1 cm³/mol. The minimum atomic E-state index is 0.699. The Hall–Kier alpha value is -1.48. The molecule has 0 radical (unpaired) electrons. The molecule has 2 N–H and O–H groups in total. The van der Waals surface area contributed by atoms with Crippen LogP contribution in [0.1, 0.15) is 10.4 Å². The van der Waals surface area contributed by atoms with Gasteiger partial charge in [0.2, 0.25) is 0 Å². The fraction of sp³-hybridized carbons (Fsp3) is 0.231. The molecule has 0 bridgehead atoms. The fourth-order valence-electron chi connectivity index (χ4n) is 1.50. The second-order valence-electron chi connectivity index (χ2n) is 3.65. The molecule has 0 amide bonds. The molecule has 0 saturated heterocycles. The maximum absolute atomic E-state index is 5.81. The van der Waals surface area contributed by atoms with Gasteiger partial charge in [0.25, 0.3) is 0 Å². The van der Waals surface area contributed by atoms with E-state index in [0.717, 1.165) is 23.4 Å². The molecule has 0 aliphatic heterocycles. The van der Waals surface area contributed by atoms with E-state index in [1.165, 1.54) is 4.88 Å². The summed E-state index contributed by atoms with van der Waals surface area (Å²) in [5.41, 5.74) is 7.62. The van der Waals surface area contributed by atoms with Gasteiger partial charge in [-0.3, -0.25) is 0 Å². The van der Waals surface area contributed by atoms with Crippen LogP contribution in [0.5, 0.6) is 5.75 Å². The van der Waals surface area contributed by atoms with Gasteiger partial charge in [-0.25, -0.2) is 0 Å². The predicted octanol–water partition coefficient (Wildman–Crippen LogP) is 3.26. The number of thiophene rings is 1. The highest BCUT2D eigenvalue weighted by atomic mass is 32.1. The van der Waals surface area contributed by atoms with Crippen molar-refractivity contribution in [3.63, 3.8) is 0 Å². The Morgan fingerprint density at radius 2 is 2.12 bits per heavy atom. The van der Waals surface area contributed by atoms with E-state index in [9.17, 15) is 0 Å². The molecule has 1 heterocycles. The molecule has 0 spiro atoms. The summed E-state index contributed by atoms with van der Waals surface area (Å²) in [6.45, 7) is 2.68. The van der Waals surface area contributed by atoms with Gasteiger partial charge in [-0.15, -0.1) is 11.3 Å². The Morgan fingerprint density at radius 3 is 2.88 bits per heavy atom. The second-order valence-corrected chi connectivity index (χ2v) is 4.68. The van der Waals surface area contributed by atoms with E-state index >= 15 is 0 Å². The van der Waals surface area contributed by atoms with Crippen molar-refractivity contribution in [2.75, 3.05) is 12.3 Å². The van der Waals surface area contributed by atoms with E-state index in [1.807, 2.05) is 25.1 Å². The van der Waals surface area contributed by atoms with E-state index in [-0.39, 0.29) is 0 Å². The van der Waals surface area contributed by atoms with E-state index in [2.05, 4.69) is 17.5 Å². The van der Waals surface area contributed by atoms with Gasteiger partial charge in [0, 0.05) is 22.5 Å². The average molecular weight is 233 g/mol. The zero-order valence-electron chi connectivity index (χ0n) is 9.27. The molecule has 0 aliphatic carbocycles. The molecule has 84 valence electrons. The van der Waals surface area contributed by atoms with Gasteiger partial charge in [0.15, 0.2) is 0 Å². The lowest BCUT2D eigenvalue weighted by molar-refractivity contribution is 0.321. The van der Waals surface area contributed by atoms with Crippen LogP contribution < -0.4 is 10.5 Å². The van der Waals surface area contributed by atoms with Crippen molar-refractivity contribution in [1.82, 2.24) is 0 Å². The monoisotopic (exact) mass is 233 g/mol. The maximum Gasteiger partial charge on any atom is 0.124 e. The molecular weight excluding hydrogens is 218 g/mol. The number of rotatable bonds is 4. The summed E-state index contributed by atoms with van der Waals surface area (Å²) >= 11 is 1.76. The first kappa shape index (κ1) is 11.0. The summed E-state index contributed by atoms with van der Waals surface area (Å²) in [4.78, 5) is 1.35. The van der Waals surface area contributed by atoms with Crippen LogP contribution in [0.4, 0.5) is 5.69 Å². The summed E-state index contributed by atoms with van der Waals surface area (Å²) in [6.07, 6.45) is 0.950. The lowest BCUT2D eigenvalue weighted by atomic mass is 10.2. The number of nitrogens with two attached hydrogens (primary N) is 1. The zero-order valence-corrected chi connectivity index (χ0v) is 10.1. The minimum Gasteiger partial charge on any atom is -0.493 e. The molecule has 2 nitrogen and oxygen atoms in total. The minimum absolute atomic E-state index is 0.699. The van der Waals surface area contributed by atoms with E-state index in [1.54, 1.807) is 11.3 Å². The van der Waals surface area contributed by atoms with Crippen molar-refractivity contribution in [2.45, 2.75) is 13.3 Å². The third-order valence-electron chi connectivity index (χ3n) is 2.51. The SMILES string of the molecule is Cc1c(N)cccc1OCCc1cccs1. The number of nitrogen functional groups attached to an aromatic ring is 1. The quantitative estimate of drug-likeness (QED) is 0.823. The van der Waals surface area contributed by atoms with Crippen LogP contribution in [0, 0.1) is 6.92 Å². The van der Waals surface area contributed by atoms with Gasteiger partial charge >= 0.3 is 0 Å². The van der Waals surface area contributed by atoms with Crippen molar-refractivity contribution >= 4 is 17.0 Å². The molecule has 1 aromatic carbocycles. The number of benzene rings is 1. The Labute approximate surface area is 99.7 Å². The van der Waals surface area contributed by atoms with Crippen molar-refractivity contribution in [3.8, 4) is 5.75 Å². The molecule has 16 heavy (non-hydrogen) atoms. The highest BCUT2D eigenvalue weighted by Crippen LogP contribution is 2.23. The Kier molecular flexibility index (Phi) is 3.47. The molecule has 0 saturated carbocycles. The highest BCUT2D eigenvalue weighted by Gasteiger charge is 2.02. The first-order chi connectivity index (χ1) is 7.77. The number of hydrogen-bond donors (Lipinski definition) is 1. The van der Waals surface area contributed by atoms with Crippen molar-refractivity contribution in [2.24, 2.45) is 0 Å². The van der Waals surface area contributed by atoms with Gasteiger partial charge in [-0.05, 0) is 30.5 Å². The molecule has 0 aliphatic rings. The summed E-state index contributed by atoms with van der Waals surface area (Å²) in [5, 5.41) is 2.08. The molecular formula is C13H15NOS. The smallest absolute Gasteiger partial charge is 0.124 e. The summed E-state index contributed by atoms with van der Waals surface area (Å²) in [5.74, 6) is 0.886. The van der Waals surface area contributed by atoms with Crippen molar-refractivity contribution < 1.29 is 4.74 Å². The van der Waals surface area contributed by atoms with Crippen LogP contribution in [0.3, 0.4) is 0 Å². The molecule has 0 atom stereocenters. The average Bonchev–Trinajstić information content (AvgIpc) is 2.77. The normalized spacial score (nSPS) is 10.3. The highest BCUT2D eigenvalue weighted by molar-refractivity contribution is 7.09. The van der Waals surface area contributed by atoms with Crippen LogP contribution in [0.2, 0.25) is 0 Å². The van der Waals surface area contributed by atoms with Gasteiger partial charge in [0.05, 0.1) is 6.61 Å². The van der Waals surface area contributed by atoms with Crippen LogP contribution in [0.15, 0.2) is 35.7 Å². The van der Waals surface area contributed by atoms with E-state index in [4.69, 9.17) is 10.5 Å². The number of anilines is 1. The fourth-order valence-corrected chi connectivity index (χ4v) is 2.19. The maximum atomic E-state index is 5.81. The number of hydrogen-bond acceptors (Lipinski definition) is 3. The van der Waals surface area contributed by atoms with E-state index < -0.39 is 0 Å². The summed E-state index contributed by atoms with van der Waals surface area (Å²) < 4.78 is 5.72. The van der Waals surface area contributed by atoms with Crippen molar-refractivity contribution in [1.29, 1.82) is 0 Å². The molecule has 2 rings (SSSR count). The zero-order chi connectivity index (χ0) is 11.4. The second kappa shape index (κ2) is 5.03. The molecule has 2 aromatic rings.